The molecule has 2 saturated heterocycles. The Morgan fingerprint density at radius 1 is 1.58 bits per heavy atom. The van der Waals surface area contributed by atoms with E-state index in [2.05, 4.69) is 12.2 Å². The Hall–Kier alpha value is -0.570. The standard InChI is InChI=1S/C9H15NO2/c1-2-7-8(11)12-9(7)3-5-10-6-4-9/h7,10H,2-6H2,1H3. The molecular weight excluding hydrogens is 154 g/mol. The lowest BCUT2D eigenvalue weighted by atomic mass is 9.74. The van der Waals surface area contributed by atoms with Gasteiger partial charge in [-0.2, -0.15) is 0 Å². The van der Waals surface area contributed by atoms with Crippen LogP contribution in [0, 0.1) is 5.92 Å². The zero-order chi connectivity index (χ0) is 8.60. The molecule has 0 aromatic heterocycles. The van der Waals surface area contributed by atoms with Gasteiger partial charge >= 0.3 is 5.97 Å². The third kappa shape index (κ3) is 0.959. The molecule has 1 spiro atoms. The van der Waals surface area contributed by atoms with Crippen molar-refractivity contribution in [3.05, 3.63) is 0 Å². The molecule has 0 aromatic carbocycles. The number of hydrogen-bond acceptors (Lipinski definition) is 3. The van der Waals surface area contributed by atoms with E-state index in [1.807, 2.05) is 0 Å². The summed E-state index contributed by atoms with van der Waals surface area (Å²) in [7, 11) is 0. The monoisotopic (exact) mass is 169 g/mol. The van der Waals surface area contributed by atoms with E-state index in [-0.39, 0.29) is 17.5 Å². The van der Waals surface area contributed by atoms with E-state index in [1.54, 1.807) is 0 Å². The fourth-order valence-electron chi connectivity index (χ4n) is 2.34. The second-order valence-electron chi connectivity index (χ2n) is 3.70. The lowest BCUT2D eigenvalue weighted by Gasteiger charge is -2.49. The van der Waals surface area contributed by atoms with Crippen LogP contribution in [0.4, 0.5) is 0 Å². The van der Waals surface area contributed by atoms with Crippen LogP contribution in [-0.4, -0.2) is 24.7 Å². The van der Waals surface area contributed by atoms with Crippen molar-refractivity contribution in [2.45, 2.75) is 31.8 Å². The molecule has 1 unspecified atom stereocenters. The summed E-state index contributed by atoms with van der Waals surface area (Å²) < 4.78 is 5.29. The number of hydrogen-bond donors (Lipinski definition) is 1. The van der Waals surface area contributed by atoms with Crippen molar-refractivity contribution >= 4 is 5.97 Å². The minimum absolute atomic E-state index is 0.0133. The first kappa shape index (κ1) is 8.05. The molecular formula is C9H15NO2. The number of esters is 1. The van der Waals surface area contributed by atoms with E-state index >= 15 is 0 Å². The van der Waals surface area contributed by atoms with Crippen LogP contribution in [0.3, 0.4) is 0 Å². The fraction of sp³-hybridized carbons (Fsp3) is 0.889. The first-order chi connectivity index (χ1) is 5.78. The molecule has 1 N–H and O–H groups in total. The van der Waals surface area contributed by atoms with Gasteiger partial charge in [-0.1, -0.05) is 6.92 Å². The van der Waals surface area contributed by atoms with Gasteiger partial charge in [0.1, 0.15) is 5.60 Å². The van der Waals surface area contributed by atoms with Gasteiger partial charge < -0.3 is 10.1 Å². The molecule has 3 nitrogen and oxygen atoms in total. The van der Waals surface area contributed by atoms with Crippen molar-refractivity contribution in [2.75, 3.05) is 13.1 Å². The number of carbonyl (C=O) groups excluding carboxylic acids is 1. The van der Waals surface area contributed by atoms with Crippen LogP contribution in [0.2, 0.25) is 0 Å². The highest BCUT2D eigenvalue weighted by Gasteiger charge is 2.55. The molecule has 0 aromatic rings. The minimum atomic E-state index is -0.0723. The summed E-state index contributed by atoms with van der Waals surface area (Å²) in [6.07, 6.45) is 2.92. The van der Waals surface area contributed by atoms with Gasteiger partial charge in [0.05, 0.1) is 5.92 Å². The summed E-state index contributed by atoms with van der Waals surface area (Å²) >= 11 is 0. The third-order valence-electron chi connectivity index (χ3n) is 3.08. The smallest absolute Gasteiger partial charge is 0.313 e. The van der Waals surface area contributed by atoms with E-state index < -0.39 is 0 Å². The molecule has 0 radical (unpaired) electrons. The Balaban J connectivity index is 2.06. The first-order valence-corrected chi connectivity index (χ1v) is 4.72. The van der Waals surface area contributed by atoms with Gasteiger partial charge in [-0.05, 0) is 19.5 Å². The number of rotatable bonds is 1. The van der Waals surface area contributed by atoms with E-state index in [4.69, 9.17) is 4.74 Å². The molecule has 3 heteroatoms. The molecule has 2 aliphatic heterocycles. The third-order valence-corrected chi connectivity index (χ3v) is 3.08. The van der Waals surface area contributed by atoms with Crippen molar-refractivity contribution in [1.29, 1.82) is 0 Å². The molecule has 0 saturated carbocycles. The average molecular weight is 169 g/mol. The lowest BCUT2D eigenvalue weighted by Crippen LogP contribution is -2.61. The zero-order valence-electron chi connectivity index (χ0n) is 7.43. The maximum atomic E-state index is 11.1. The highest BCUT2D eigenvalue weighted by molar-refractivity contribution is 5.80. The van der Waals surface area contributed by atoms with Crippen LogP contribution in [0.1, 0.15) is 26.2 Å². The lowest BCUT2D eigenvalue weighted by molar-refractivity contribution is -0.219. The molecule has 0 amide bonds. The molecule has 2 aliphatic rings. The Kier molecular flexibility index (Phi) is 1.83. The van der Waals surface area contributed by atoms with Crippen molar-refractivity contribution in [3.8, 4) is 0 Å². The Morgan fingerprint density at radius 2 is 2.25 bits per heavy atom. The first-order valence-electron chi connectivity index (χ1n) is 4.72. The van der Waals surface area contributed by atoms with Crippen LogP contribution in [0.15, 0.2) is 0 Å². The highest BCUT2D eigenvalue weighted by atomic mass is 16.6. The SMILES string of the molecule is CCC1C(=O)OC12CCNCC2. The van der Waals surface area contributed by atoms with E-state index in [9.17, 15) is 4.79 Å². The second-order valence-corrected chi connectivity index (χ2v) is 3.70. The van der Waals surface area contributed by atoms with Crippen molar-refractivity contribution in [2.24, 2.45) is 5.92 Å². The van der Waals surface area contributed by atoms with Crippen molar-refractivity contribution in [1.82, 2.24) is 5.32 Å². The van der Waals surface area contributed by atoms with Gasteiger partial charge in [-0.15, -0.1) is 0 Å². The largest absolute Gasteiger partial charge is 0.458 e. The van der Waals surface area contributed by atoms with Crippen molar-refractivity contribution in [3.63, 3.8) is 0 Å². The summed E-state index contributed by atoms with van der Waals surface area (Å²) in [5, 5.41) is 3.28. The zero-order valence-corrected chi connectivity index (χ0v) is 7.43. The van der Waals surface area contributed by atoms with Gasteiger partial charge in [0.15, 0.2) is 0 Å². The topological polar surface area (TPSA) is 38.3 Å². The second kappa shape index (κ2) is 2.73. The normalized spacial score (nSPS) is 32.8. The van der Waals surface area contributed by atoms with Gasteiger partial charge in [0.25, 0.3) is 0 Å². The molecule has 2 fully saturated rings. The number of carbonyl (C=O) groups is 1. The fourth-order valence-corrected chi connectivity index (χ4v) is 2.34. The summed E-state index contributed by atoms with van der Waals surface area (Å²) in [4.78, 5) is 11.1. The molecule has 68 valence electrons. The molecule has 0 bridgehead atoms. The predicted molar refractivity (Wildman–Crippen MR) is 44.7 cm³/mol. The number of ether oxygens (including phenoxy) is 1. The van der Waals surface area contributed by atoms with E-state index in [0.717, 1.165) is 32.4 Å². The summed E-state index contributed by atoms with van der Waals surface area (Å²) in [6.45, 7) is 4.04. The quantitative estimate of drug-likeness (QED) is 0.587. The summed E-state index contributed by atoms with van der Waals surface area (Å²) in [5.41, 5.74) is -0.0723. The maximum Gasteiger partial charge on any atom is 0.313 e. The average Bonchev–Trinajstić information content (AvgIpc) is 2.06. The molecule has 1 atom stereocenters. The van der Waals surface area contributed by atoms with Crippen LogP contribution >= 0.6 is 0 Å². The van der Waals surface area contributed by atoms with E-state index in [0.29, 0.717) is 0 Å². The molecule has 12 heavy (non-hydrogen) atoms. The molecule has 0 aliphatic carbocycles. The minimum Gasteiger partial charge on any atom is -0.458 e. The van der Waals surface area contributed by atoms with Gasteiger partial charge in [0.2, 0.25) is 0 Å². The van der Waals surface area contributed by atoms with Gasteiger partial charge in [-0.3, -0.25) is 4.79 Å². The Labute approximate surface area is 72.5 Å². The Morgan fingerprint density at radius 3 is 2.75 bits per heavy atom. The number of nitrogens with one attached hydrogen (secondary N) is 1. The summed E-state index contributed by atoms with van der Waals surface area (Å²) in [6, 6.07) is 0. The van der Waals surface area contributed by atoms with Gasteiger partial charge in [0, 0.05) is 12.8 Å². The molecule has 2 heterocycles. The van der Waals surface area contributed by atoms with E-state index in [1.165, 1.54) is 0 Å². The highest BCUT2D eigenvalue weighted by Crippen LogP contribution is 2.42. The van der Waals surface area contributed by atoms with Crippen LogP contribution in [0.5, 0.6) is 0 Å². The van der Waals surface area contributed by atoms with Crippen LogP contribution in [0.25, 0.3) is 0 Å². The number of piperidine rings is 1. The van der Waals surface area contributed by atoms with Crippen LogP contribution < -0.4 is 5.32 Å². The van der Waals surface area contributed by atoms with Crippen LogP contribution in [-0.2, 0) is 9.53 Å². The summed E-state index contributed by atoms with van der Waals surface area (Å²) in [5.74, 6) is 0.194. The molecule has 2 rings (SSSR count). The van der Waals surface area contributed by atoms with Crippen molar-refractivity contribution < 1.29 is 9.53 Å². The maximum absolute atomic E-state index is 11.1. The Bertz CT molecular complexity index is 197. The predicted octanol–water partition coefficient (Wildman–Crippen LogP) is 0.692. The van der Waals surface area contributed by atoms with Gasteiger partial charge in [-0.25, -0.2) is 0 Å².